The lowest BCUT2D eigenvalue weighted by atomic mass is 10.1. The van der Waals surface area contributed by atoms with Gasteiger partial charge < -0.3 is 4.98 Å². The van der Waals surface area contributed by atoms with E-state index in [1.165, 1.54) is 30.5 Å². The zero-order valence-corrected chi connectivity index (χ0v) is 11.7. The second kappa shape index (κ2) is 5.68. The average Bonchev–Trinajstić information content (AvgIpc) is 2.89. The summed E-state index contributed by atoms with van der Waals surface area (Å²) in [4.78, 5) is 5.71. The highest BCUT2D eigenvalue weighted by Gasteiger charge is 2.25. The van der Waals surface area contributed by atoms with E-state index < -0.39 is 0 Å². The van der Waals surface area contributed by atoms with E-state index in [0.717, 1.165) is 11.2 Å². The minimum atomic E-state index is 0.520. The molecule has 0 radical (unpaired) electrons. The third kappa shape index (κ3) is 2.94. The Bertz CT molecular complexity index is 571. The zero-order valence-electron chi connectivity index (χ0n) is 10.9. The number of nitrogens with zero attached hydrogens (tertiary/aromatic N) is 1. The summed E-state index contributed by atoms with van der Waals surface area (Å²) in [5.41, 5.74) is 2.74. The third-order valence-electron chi connectivity index (χ3n) is 3.79. The topological polar surface area (TPSA) is 19.0 Å². The number of benzene rings is 1. The van der Waals surface area contributed by atoms with Crippen LogP contribution in [0.5, 0.6) is 0 Å². The number of hydrogen-bond acceptors (Lipinski definition) is 2. The number of likely N-dealkylation sites (tertiary alicyclic amines) is 1. The first-order valence-corrected chi connectivity index (χ1v) is 7.20. The van der Waals surface area contributed by atoms with Crippen LogP contribution in [-0.2, 0) is 6.54 Å². The van der Waals surface area contributed by atoms with Gasteiger partial charge in [-0.1, -0.05) is 48.6 Å². The van der Waals surface area contributed by atoms with Crippen molar-refractivity contribution in [2.75, 3.05) is 6.54 Å². The summed E-state index contributed by atoms with van der Waals surface area (Å²) < 4.78 is 0.802. The van der Waals surface area contributed by atoms with E-state index >= 15 is 0 Å². The molecule has 1 aromatic carbocycles. The van der Waals surface area contributed by atoms with Gasteiger partial charge in [0.15, 0.2) is 0 Å². The van der Waals surface area contributed by atoms with E-state index in [0.29, 0.717) is 6.04 Å². The number of nitrogens with one attached hydrogen (secondary N) is 1. The fraction of sp³-hybridized carbons (Fsp3) is 0.312. The molecule has 1 aromatic heterocycles. The third-order valence-corrected chi connectivity index (χ3v) is 4.04. The Labute approximate surface area is 119 Å². The summed E-state index contributed by atoms with van der Waals surface area (Å²) in [7, 11) is 0. The maximum Gasteiger partial charge on any atom is 0.103 e. The van der Waals surface area contributed by atoms with E-state index in [1.54, 1.807) is 0 Å². The van der Waals surface area contributed by atoms with Crippen molar-refractivity contribution >= 4 is 12.2 Å². The second-order valence-electron chi connectivity index (χ2n) is 5.10. The Morgan fingerprint density at radius 1 is 1.16 bits per heavy atom. The van der Waals surface area contributed by atoms with Crippen molar-refractivity contribution in [1.82, 2.24) is 9.88 Å². The van der Waals surface area contributed by atoms with E-state index in [1.807, 2.05) is 6.07 Å². The zero-order chi connectivity index (χ0) is 13.1. The van der Waals surface area contributed by atoms with Crippen LogP contribution in [0.2, 0.25) is 0 Å². The van der Waals surface area contributed by atoms with Gasteiger partial charge >= 0.3 is 0 Å². The fourth-order valence-corrected chi connectivity index (χ4v) is 2.97. The van der Waals surface area contributed by atoms with E-state index in [-0.39, 0.29) is 0 Å². The van der Waals surface area contributed by atoms with Crippen LogP contribution >= 0.6 is 12.2 Å². The van der Waals surface area contributed by atoms with Crippen molar-refractivity contribution in [1.29, 1.82) is 0 Å². The molecule has 1 aliphatic heterocycles. The standard InChI is InChI=1S/C16H18N2S/c19-16-9-8-14(11-17-16)15-7-4-10-18(15)12-13-5-2-1-3-6-13/h1-3,5-6,8-9,11,15H,4,7,10,12H2,(H,17,19). The molecule has 0 bridgehead atoms. The first-order chi connectivity index (χ1) is 9.33. The average molecular weight is 270 g/mol. The molecular weight excluding hydrogens is 252 g/mol. The van der Waals surface area contributed by atoms with Gasteiger partial charge in [-0.3, -0.25) is 4.90 Å². The normalized spacial score (nSPS) is 19.7. The van der Waals surface area contributed by atoms with Crippen LogP contribution in [0, 0.1) is 4.64 Å². The summed E-state index contributed by atoms with van der Waals surface area (Å²) in [5, 5.41) is 0. The van der Waals surface area contributed by atoms with Gasteiger partial charge in [-0.15, -0.1) is 0 Å². The Hall–Kier alpha value is -1.45. The molecule has 2 heterocycles. The molecule has 1 N–H and O–H groups in total. The molecule has 19 heavy (non-hydrogen) atoms. The molecule has 2 nitrogen and oxygen atoms in total. The molecule has 1 fully saturated rings. The Kier molecular flexibility index (Phi) is 3.76. The van der Waals surface area contributed by atoms with Crippen LogP contribution in [0.25, 0.3) is 0 Å². The van der Waals surface area contributed by atoms with Crippen molar-refractivity contribution in [3.05, 3.63) is 64.4 Å². The molecule has 0 amide bonds. The Morgan fingerprint density at radius 3 is 2.74 bits per heavy atom. The van der Waals surface area contributed by atoms with Gasteiger partial charge in [0.25, 0.3) is 0 Å². The van der Waals surface area contributed by atoms with E-state index in [2.05, 4.69) is 52.5 Å². The van der Waals surface area contributed by atoms with Gasteiger partial charge in [0, 0.05) is 18.8 Å². The molecule has 0 aliphatic carbocycles. The second-order valence-corrected chi connectivity index (χ2v) is 5.54. The SMILES string of the molecule is S=c1ccc(C2CCCN2Cc2ccccc2)c[nH]1. The van der Waals surface area contributed by atoms with Crippen LogP contribution in [0.4, 0.5) is 0 Å². The molecule has 3 rings (SSSR count). The largest absolute Gasteiger partial charge is 0.353 e. The van der Waals surface area contributed by atoms with Crippen molar-refractivity contribution in [2.24, 2.45) is 0 Å². The predicted octanol–water partition coefficient (Wildman–Crippen LogP) is 4.08. The van der Waals surface area contributed by atoms with Crippen LogP contribution in [0.1, 0.15) is 30.0 Å². The van der Waals surface area contributed by atoms with Gasteiger partial charge in [-0.05, 0) is 36.6 Å². The molecule has 98 valence electrons. The lowest BCUT2D eigenvalue weighted by molar-refractivity contribution is 0.248. The number of aromatic amines is 1. The van der Waals surface area contributed by atoms with Gasteiger partial charge in [-0.25, -0.2) is 0 Å². The van der Waals surface area contributed by atoms with E-state index in [4.69, 9.17) is 12.2 Å². The van der Waals surface area contributed by atoms with Crippen LogP contribution in [0.3, 0.4) is 0 Å². The van der Waals surface area contributed by atoms with Gasteiger partial charge in [0.05, 0.1) is 0 Å². The molecule has 1 atom stereocenters. The molecule has 2 aromatic rings. The molecule has 3 heteroatoms. The molecule has 0 spiro atoms. The molecular formula is C16H18N2S. The van der Waals surface area contributed by atoms with Crippen LogP contribution < -0.4 is 0 Å². The number of aromatic nitrogens is 1. The Balaban J connectivity index is 1.78. The first-order valence-electron chi connectivity index (χ1n) is 6.79. The van der Waals surface area contributed by atoms with Gasteiger partial charge in [-0.2, -0.15) is 0 Å². The number of H-pyrrole nitrogens is 1. The highest BCUT2D eigenvalue weighted by atomic mass is 32.1. The smallest absolute Gasteiger partial charge is 0.103 e. The molecule has 1 aliphatic rings. The number of pyridine rings is 1. The van der Waals surface area contributed by atoms with Gasteiger partial charge in [0.1, 0.15) is 4.64 Å². The highest BCUT2D eigenvalue weighted by Crippen LogP contribution is 2.32. The quantitative estimate of drug-likeness (QED) is 0.847. The number of rotatable bonds is 3. The van der Waals surface area contributed by atoms with Crippen molar-refractivity contribution in [3.8, 4) is 0 Å². The van der Waals surface area contributed by atoms with Crippen LogP contribution in [-0.4, -0.2) is 16.4 Å². The summed E-state index contributed by atoms with van der Waals surface area (Å²) in [6.07, 6.45) is 4.57. The van der Waals surface area contributed by atoms with Crippen LogP contribution in [0.15, 0.2) is 48.7 Å². The predicted molar refractivity (Wildman–Crippen MR) is 80.5 cm³/mol. The highest BCUT2D eigenvalue weighted by molar-refractivity contribution is 7.71. The minimum absolute atomic E-state index is 0.520. The Morgan fingerprint density at radius 2 is 2.00 bits per heavy atom. The number of hydrogen-bond donors (Lipinski definition) is 1. The van der Waals surface area contributed by atoms with Gasteiger partial charge in [0.2, 0.25) is 0 Å². The monoisotopic (exact) mass is 270 g/mol. The summed E-state index contributed by atoms with van der Waals surface area (Å²) in [5.74, 6) is 0. The van der Waals surface area contributed by atoms with Crippen molar-refractivity contribution in [3.63, 3.8) is 0 Å². The maximum atomic E-state index is 5.11. The molecule has 0 saturated carbocycles. The van der Waals surface area contributed by atoms with Crippen molar-refractivity contribution < 1.29 is 0 Å². The summed E-state index contributed by atoms with van der Waals surface area (Å²) >= 11 is 5.11. The van der Waals surface area contributed by atoms with Crippen molar-refractivity contribution in [2.45, 2.75) is 25.4 Å². The van der Waals surface area contributed by atoms with E-state index in [9.17, 15) is 0 Å². The lowest BCUT2D eigenvalue weighted by Gasteiger charge is -2.24. The minimum Gasteiger partial charge on any atom is -0.353 e. The fourth-order valence-electron chi connectivity index (χ4n) is 2.84. The lowest BCUT2D eigenvalue weighted by Crippen LogP contribution is -2.22. The summed E-state index contributed by atoms with van der Waals surface area (Å²) in [6, 6.07) is 15.4. The molecule has 1 unspecified atom stereocenters. The molecule has 1 saturated heterocycles. The first kappa shape index (κ1) is 12.6. The maximum absolute atomic E-state index is 5.11. The summed E-state index contributed by atoms with van der Waals surface area (Å²) in [6.45, 7) is 2.20.